The average Bonchev–Trinajstić information content (AvgIpc) is 2.82. The molecular weight excluding hydrogens is 516 g/mol. The van der Waals surface area contributed by atoms with Gasteiger partial charge >= 0.3 is 5.97 Å². The summed E-state index contributed by atoms with van der Waals surface area (Å²) in [5.41, 5.74) is 6.44. The topological polar surface area (TPSA) is 169 Å². The molecule has 2 atom stereocenters. The Balaban J connectivity index is 2.06. The number of nitrogens with two attached hydrogens (primary N) is 1. The number of aromatic hydroxyl groups is 1. The number of nitrogens with zero attached hydrogens (tertiary/aromatic N) is 1. The minimum atomic E-state index is -1.39. The zero-order valence-electron chi connectivity index (χ0n) is 19.2. The van der Waals surface area contributed by atoms with Crippen LogP contribution in [0.25, 0.3) is 0 Å². The monoisotopic (exact) mass is 543 g/mol. The number of halogens is 3. The van der Waals surface area contributed by atoms with Gasteiger partial charge in [-0.15, -0.1) is 0 Å². The fourth-order valence-electron chi connectivity index (χ4n) is 3.25. The zero-order chi connectivity index (χ0) is 26.7. The van der Waals surface area contributed by atoms with E-state index in [-0.39, 0.29) is 47.1 Å². The van der Waals surface area contributed by atoms with Gasteiger partial charge in [0.05, 0.1) is 28.4 Å². The first kappa shape index (κ1) is 29.1. The van der Waals surface area contributed by atoms with Crippen molar-refractivity contribution in [2.45, 2.75) is 25.0 Å². The van der Waals surface area contributed by atoms with Crippen LogP contribution in [0, 0.1) is 0 Å². The Bertz CT molecular complexity index is 1070. The van der Waals surface area contributed by atoms with Gasteiger partial charge in [0.15, 0.2) is 5.96 Å². The Morgan fingerprint density at radius 2 is 1.83 bits per heavy atom. The second-order valence-electron chi connectivity index (χ2n) is 7.63. The molecule has 0 saturated heterocycles. The van der Waals surface area contributed by atoms with Crippen molar-refractivity contribution in [3.8, 4) is 5.75 Å². The molecule has 0 aliphatic rings. The number of alkyl halides is 1. The van der Waals surface area contributed by atoms with Crippen LogP contribution in [0.3, 0.4) is 0 Å². The molecule has 0 aromatic heterocycles. The predicted octanol–water partition coefficient (Wildman–Crippen LogP) is 1.97. The molecule has 0 fully saturated rings. The maximum absolute atomic E-state index is 12.8. The number of aliphatic carboxylic acids is 1. The molecule has 0 heterocycles. The molecule has 1 amide bonds. The van der Waals surface area contributed by atoms with Crippen molar-refractivity contribution in [2.24, 2.45) is 10.7 Å². The summed E-state index contributed by atoms with van der Waals surface area (Å²) in [4.78, 5) is 28.3. The lowest BCUT2D eigenvalue weighted by Crippen LogP contribution is -2.51. The van der Waals surface area contributed by atoms with Crippen LogP contribution in [0.2, 0.25) is 10.0 Å². The average molecular weight is 544 g/mol. The first-order valence-electron chi connectivity index (χ1n) is 10.9. The van der Waals surface area contributed by atoms with Gasteiger partial charge in [0.1, 0.15) is 18.5 Å². The van der Waals surface area contributed by atoms with Crippen LogP contribution in [0.15, 0.2) is 41.4 Å². The number of hydrogen-bond acceptors (Lipinski definition) is 6. The lowest BCUT2D eigenvalue weighted by atomic mass is 10.00. The van der Waals surface area contributed by atoms with E-state index in [0.717, 1.165) is 0 Å². The van der Waals surface area contributed by atoms with Crippen LogP contribution in [0.1, 0.15) is 34.0 Å². The molecule has 10 nitrogen and oxygen atoms in total. The molecule has 0 saturated carbocycles. The molecule has 2 aromatic carbocycles. The Morgan fingerprint density at radius 3 is 2.42 bits per heavy atom. The Labute approximate surface area is 217 Å². The van der Waals surface area contributed by atoms with Gasteiger partial charge in [-0.3, -0.25) is 4.79 Å². The second kappa shape index (κ2) is 14.4. The molecule has 36 heavy (non-hydrogen) atoms. The van der Waals surface area contributed by atoms with Gasteiger partial charge < -0.3 is 37.0 Å². The van der Waals surface area contributed by atoms with Crippen LogP contribution in [0.4, 0.5) is 4.39 Å². The smallest absolute Gasteiger partial charge is 0.328 e. The van der Waals surface area contributed by atoms with Gasteiger partial charge in [0.2, 0.25) is 0 Å². The number of carbonyl (C=O) groups is 2. The van der Waals surface area contributed by atoms with Crippen LogP contribution < -0.4 is 21.7 Å². The quantitative estimate of drug-likeness (QED) is 0.157. The van der Waals surface area contributed by atoms with Gasteiger partial charge in [-0.2, -0.15) is 0 Å². The van der Waals surface area contributed by atoms with E-state index >= 15 is 0 Å². The molecule has 0 spiro atoms. The van der Waals surface area contributed by atoms with Crippen molar-refractivity contribution in [3.05, 3.63) is 63.1 Å². The van der Waals surface area contributed by atoms with Crippen molar-refractivity contribution in [3.63, 3.8) is 0 Å². The third kappa shape index (κ3) is 8.83. The zero-order valence-corrected chi connectivity index (χ0v) is 20.7. The summed E-state index contributed by atoms with van der Waals surface area (Å²) >= 11 is 12.6. The number of rotatable bonds is 12. The third-order valence-corrected chi connectivity index (χ3v) is 5.60. The van der Waals surface area contributed by atoms with Crippen molar-refractivity contribution in [1.82, 2.24) is 16.0 Å². The molecule has 1 unspecified atom stereocenters. The standard InChI is InChI=1S/C23H28Cl2FN5O5/c24-16-8-13(4-5-19(33)14-2-1-3-15(32)10-14)9-17(25)20(16)21(34)31-18(22(35)36)11-29-23(30-12-27)28-7-6-26/h1-3,8-10,18-19,32-33H,4-7,11-12,27H2,(H,31,34)(H,35,36)(H2,28,29,30)/t18-,19?/m0/s1. The normalized spacial score (nSPS) is 13.1. The maximum atomic E-state index is 12.8. The van der Waals surface area contributed by atoms with E-state index in [1.165, 1.54) is 24.3 Å². The number of benzene rings is 2. The van der Waals surface area contributed by atoms with Gasteiger partial charge in [0.25, 0.3) is 5.91 Å². The molecule has 2 aromatic rings. The molecular formula is C23H28Cl2FN5O5. The fraction of sp³-hybridized carbons (Fsp3) is 0.348. The third-order valence-electron chi connectivity index (χ3n) is 5.00. The number of carbonyl (C=O) groups excluding carboxylic acids is 1. The minimum absolute atomic E-state index is 0.00828. The van der Waals surface area contributed by atoms with E-state index in [4.69, 9.17) is 28.9 Å². The number of nitrogens with one attached hydrogen (secondary N) is 3. The first-order chi connectivity index (χ1) is 17.2. The van der Waals surface area contributed by atoms with Gasteiger partial charge in [0, 0.05) is 13.1 Å². The maximum Gasteiger partial charge on any atom is 0.328 e. The van der Waals surface area contributed by atoms with Crippen LogP contribution in [-0.4, -0.2) is 65.6 Å². The summed E-state index contributed by atoms with van der Waals surface area (Å²) in [6, 6.07) is 7.91. The van der Waals surface area contributed by atoms with E-state index in [1.807, 2.05) is 0 Å². The molecule has 0 aliphatic carbocycles. The van der Waals surface area contributed by atoms with E-state index in [0.29, 0.717) is 24.0 Å². The van der Waals surface area contributed by atoms with E-state index in [9.17, 15) is 29.3 Å². The number of aliphatic imine (C=N–C) groups is 1. The van der Waals surface area contributed by atoms with Crippen molar-refractivity contribution in [2.75, 3.05) is 26.4 Å². The molecule has 13 heteroatoms. The van der Waals surface area contributed by atoms with Crippen LogP contribution >= 0.6 is 23.2 Å². The number of carboxylic acids is 1. The number of carboxylic acid groups (broad SMARTS) is 1. The number of aryl methyl sites for hydroxylation is 1. The lowest BCUT2D eigenvalue weighted by Gasteiger charge is -2.18. The number of aliphatic hydroxyl groups excluding tert-OH is 1. The largest absolute Gasteiger partial charge is 0.508 e. The van der Waals surface area contributed by atoms with Crippen molar-refractivity contribution in [1.29, 1.82) is 0 Å². The summed E-state index contributed by atoms with van der Waals surface area (Å²) in [6.45, 7) is -1.13. The Hall–Kier alpha value is -3.12. The first-order valence-corrected chi connectivity index (χ1v) is 11.7. The van der Waals surface area contributed by atoms with Crippen LogP contribution in [-0.2, 0) is 11.2 Å². The number of phenols is 1. The Morgan fingerprint density at radius 1 is 1.14 bits per heavy atom. The summed E-state index contributed by atoms with van der Waals surface area (Å²) in [5.74, 6) is -2.01. The molecule has 0 aliphatic heterocycles. The lowest BCUT2D eigenvalue weighted by molar-refractivity contribution is -0.139. The molecule has 0 bridgehead atoms. The summed E-state index contributed by atoms with van der Waals surface area (Å²) in [5, 5.41) is 37.1. The summed E-state index contributed by atoms with van der Waals surface area (Å²) in [6.07, 6.45) is -0.166. The highest BCUT2D eigenvalue weighted by Crippen LogP contribution is 2.29. The van der Waals surface area contributed by atoms with Crippen LogP contribution in [0.5, 0.6) is 5.75 Å². The van der Waals surface area contributed by atoms with E-state index < -0.39 is 30.7 Å². The Kier molecular flexibility index (Phi) is 11.7. The minimum Gasteiger partial charge on any atom is -0.508 e. The summed E-state index contributed by atoms with van der Waals surface area (Å²) in [7, 11) is 0. The van der Waals surface area contributed by atoms with Crippen molar-refractivity contribution < 1.29 is 29.3 Å². The molecule has 2 rings (SSSR count). The summed E-state index contributed by atoms with van der Waals surface area (Å²) < 4.78 is 12.4. The predicted molar refractivity (Wildman–Crippen MR) is 135 cm³/mol. The number of hydrogen-bond donors (Lipinski definition) is 7. The molecule has 0 radical (unpaired) electrons. The SMILES string of the molecule is NCN=C(NCCF)NC[C@H](NC(=O)c1c(Cl)cc(CCC(O)c2cccc(O)c2)cc1Cl)C(=O)O. The number of guanidine groups is 1. The highest BCUT2D eigenvalue weighted by Gasteiger charge is 2.24. The number of amides is 1. The second-order valence-corrected chi connectivity index (χ2v) is 8.45. The number of phenolic OH excluding ortho intramolecular Hbond substituents is 1. The van der Waals surface area contributed by atoms with Gasteiger partial charge in [-0.25, -0.2) is 14.2 Å². The number of aliphatic hydroxyl groups is 1. The van der Waals surface area contributed by atoms with Gasteiger partial charge in [-0.05, 0) is 48.2 Å². The van der Waals surface area contributed by atoms with Crippen molar-refractivity contribution >= 4 is 41.0 Å². The highest BCUT2D eigenvalue weighted by molar-refractivity contribution is 6.39. The van der Waals surface area contributed by atoms with E-state index in [2.05, 4.69) is 20.9 Å². The molecule has 196 valence electrons. The van der Waals surface area contributed by atoms with E-state index in [1.54, 1.807) is 12.1 Å². The fourth-order valence-corrected chi connectivity index (χ4v) is 3.95. The molecule has 8 N–H and O–H groups in total. The highest BCUT2D eigenvalue weighted by atomic mass is 35.5. The van der Waals surface area contributed by atoms with Gasteiger partial charge in [-0.1, -0.05) is 35.3 Å².